The van der Waals surface area contributed by atoms with Crippen LogP contribution in [0, 0.1) is 18.3 Å². The molecular formula is C27H31N5O3S2. The van der Waals surface area contributed by atoms with Gasteiger partial charge in [-0.15, -0.1) is 0 Å². The Kier molecular flexibility index (Phi) is 8.37. The van der Waals surface area contributed by atoms with Gasteiger partial charge in [-0.25, -0.2) is 0 Å². The molecule has 2 aliphatic rings. The highest BCUT2D eigenvalue weighted by Crippen LogP contribution is 2.37. The maximum Gasteiger partial charge on any atom is 0.270 e. The molecule has 2 fully saturated rings. The lowest BCUT2D eigenvalue weighted by molar-refractivity contribution is -0.122. The molecule has 1 amide bonds. The van der Waals surface area contributed by atoms with Crippen LogP contribution < -0.4 is 15.2 Å². The van der Waals surface area contributed by atoms with Crippen molar-refractivity contribution in [3.8, 4) is 11.8 Å². The van der Waals surface area contributed by atoms with Crippen molar-refractivity contribution in [3.63, 3.8) is 0 Å². The first kappa shape index (κ1) is 26.9. The summed E-state index contributed by atoms with van der Waals surface area (Å²) in [5, 5.41) is 9.80. The Morgan fingerprint density at radius 2 is 1.78 bits per heavy atom. The number of thiocarbonyl (C=S) groups is 1. The fourth-order valence-electron chi connectivity index (χ4n) is 4.74. The maximum atomic E-state index is 13.5. The summed E-state index contributed by atoms with van der Waals surface area (Å²) >= 11 is 6.82. The van der Waals surface area contributed by atoms with E-state index >= 15 is 0 Å². The Hall–Kier alpha value is -3.13. The van der Waals surface area contributed by atoms with Crippen LogP contribution in [0.25, 0.3) is 6.08 Å². The third-order valence-corrected chi connectivity index (χ3v) is 8.31. The first-order valence-corrected chi connectivity index (χ1v) is 13.6. The fraction of sp³-hybridized carbons (Fsp3) is 0.407. The first-order valence-electron chi connectivity index (χ1n) is 12.4. The minimum atomic E-state index is -0.292. The molecule has 0 saturated carbocycles. The summed E-state index contributed by atoms with van der Waals surface area (Å²) in [6, 6.07) is 9.63. The molecule has 0 aliphatic carbocycles. The van der Waals surface area contributed by atoms with E-state index in [4.69, 9.17) is 17.0 Å². The number of nitrogens with zero attached hydrogens (tertiary/aromatic N) is 5. The number of anilines is 1. The molecule has 194 valence electrons. The van der Waals surface area contributed by atoms with Crippen molar-refractivity contribution >= 4 is 46.1 Å². The molecule has 2 aliphatic heterocycles. The van der Waals surface area contributed by atoms with E-state index in [9.17, 15) is 14.9 Å². The predicted octanol–water partition coefficient (Wildman–Crippen LogP) is 3.60. The van der Waals surface area contributed by atoms with Crippen molar-refractivity contribution in [1.29, 1.82) is 5.26 Å². The molecule has 10 heteroatoms. The monoisotopic (exact) mass is 537 g/mol. The zero-order valence-electron chi connectivity index (χ0n) is 21.6. The van der Waals surface area contributed by atoms with E-state index in [0.29, 0.717) is 27.9 Å². The number of ether oxygens (including phenoxy) is 1. The van der Waals surface area contributed by atoms with Gasteiger partial charge in [-0.2, -0.15) is 5.26 Å². The first-order chi connectivity index (χ1) is 17.8. The third kappa shape index (κ3) is 5.30. The van der Waals surface area contributed by atoms with E-state index in [1.165, 1.54) is 11.8 Å². The van der Waals surface area contributed by atoms with Crippen molar-refractivity contribution in [2.24, 2.45) is 0 Å². The number of amides is 1. The number of thioether (sulfide) groups is 1. The normalized spacial score (nSPS) is 17.5. The third-order valence-electron chi connectivity index (χ3n) is 6.93. The van der Waals surface area contributed by atoms with Gasteiger partial charge in [0.05, 0.1) is 18.6 Å². The van der Waals surface area contributed by atoms with Crippen LogP contribution >= 0.6 is 24.0 Å². The lowest BCUT2D eigenvalue weighted by atomic mass is 10.0. The number of carbonyl (C=O) groups excluding carboxylic acids is 1. The van der Waals surface area contributed by atoms with Gasteiger partial charge >= 0.3 is 0 Å². The second-order valence-electron chi connectivity index (χ2n) is 8.94. The highest BCUT2D eigenvalue weighted by atomic mass is 32.2. The molecule has 1 aromatic carbocycles. The van der Waals surface area contributed by atoms with Gasteiger partial charge in [0.2, 0.25) is 0 Å². The number of hydrogen-bond acceptors (Lipinski definition) is 8. The second kappa shape index (κ2) is 11.5. The van der Waals surface area contributed by atoms with Gasteiger partial charge in [0.25, 0.3) is 11.5 Å². The van der Waals surface area contributed by atoms with E-state index in [-0.39, 0.29) is 17.0 Å². The summed E-state index contributed by atoms with van der Waals surface area (Å²) in [7, 11) is 1.61. The Balaban J connectivity index is 1.75. The summed E-state index contributed by atoms with van der Waals surface area (Å²) in [6.45, 7) is 10.9. The Labute approximate surface area is 227 Å². The van der Waals surface area contributed by atoms with Crippen LogP contribution in [0.3, 0.4) is 0 Å². The zero-order chi connectivity index (χ0) is 26.7. The van der Waals surface area contributed by atoms with Crippen LogP contribution in [0.15, 0.2) is 34.0 Å². The standard InChI is InChI=1S/C27H31N5O3S2/c1-5-29-11-13-30(14-12-29)24-21(18(3)22(16-28)25(33)31(24)6-2)15-23-26(34)32(27(36)37-23)17-19-7-9-20(35-4)10-8-19/h7-10,15H,5-6,11-14,17H2,1-4H3/b23-15-. The second-order valence-corrected chi connectivity index (χ2v) is 10.6. The number of pyridine rings is 1. The van der Waals surface area contributed by atoms with Gasteiger partial charge < -0.3 is 14.5 Å². The molecule has 4 rings (SSSR count). The quantitative estimate of drug-likeness (QED) is 0.392. The van der Waals surface area contributed by atoms with Gasteiger partial charge in [-0.3, -0.25) is 19.1 Å². The highest BCUT2D eigenvalue weighted by molar-refractivity contribution is 8.26. The Morgan fingerprint density at radius 1 is 1.11 bits per heavy atom. The Bertz CT molecular complexity index is 1340. The van der Waals surface area contributed by atoms with Gasteiger partial charge in [0.15, 0.2) is 0 Å². The number of benzene rings is 1. The van der Waals surface area contributed by atoms with Crippen molar-refractivity contribution in [1.82, 2.24) is 14.4 Å². The van der Waals surface area contributed by atoms with Crippen LogP contribution in [0.5, 0.6) is 5.75 Å². The average Bonchev–Trinajstić information content (AvgIpc) is 3.18. The molecule has 37 heavy (non-hydrogen) atoms. The van der Waals surface area contributed by atoms with E-state index in [1.54, 1.807) is 23.5 Å². The summed E-state index contributed by atoms with van der Waals surface area (Å²) in [6.07, 6.45) is 1.82. The summed E-state index contributed by atoms with van der Waals surface area (Å²) < 4.78 is 7.36. The largest absolute Gasteiger partial charge is 0.497 e. The molecule has 0 N–H and O–H groups in total. The summed E-state index contributed by atoms with van der Waals surface area (Å²) in [5.41, 5.74) is 2.08. The maximum absolute atomic E-state index is 13.5. The number of likely N-dealkylation sites (N-methyl/N-ethyl adjacent to an activating group) is 1. The number of methoxy groups -OCH3 is 1. The number of carbonyl (C=O) groups is 1. The Morgan fingerprint density at radius 3 is 2.35 bits per heavy atom. The average molecular weight is 538 g/mol. The number of aromatic nitrogens is 1. The van der Waals surface area contributed by atoms with Gasteiger partial charge in [-0.05, 0) is 49.7 Å². The van der Waals surface area contributed by atoms with Gasteiger partial charge in [0, 0.05) is 38.3 Å². The van der Waals surface area contributed by atoms with Gasteiger partial charge in [-0.1, -0.05) is 43.0 Å². The predicted molar refractivity (Wildman–Crippen MR) is 152 cm³/mol. The molecule has 0 spiro atoms. The molecule has 3 heterocycles. The van der Waals surface area contributed by atoms with Crippen LogP contribution in [0.1, 0.15) is 36.1 Å². The van der Waals surface area contributed by atoms with E-state index in [2.05, 4.69) is 22.8 Å². The van der Waals surface area contributed by atoms with Crippen LogP contribution in [-0.4, -0.2) is 64.4 Å². The van der Waals surface area contributed by atoms with Crippen LogP contribution in [-0.2, 0) is 17.9 Å². The lowest BCUT2D eigenvalue weighted by Crippen LogP contribution is -2.48. The lowest BCUT2D eigenvalue weighted by Gasteiger charge is -2.37. The zero-order valence-corrected chi connectivity index (χ0v) is 23.2. The van der Waals surface area contributed by atoms with Crippen LogP contribution in [0.4, 0.5) is 5.82 Å². The summed E-state index contributed by atoms with van der Waals surface area (Å²) in [5.74, 6) is 1.33. The number of nitriles is 1. The highest BCUT2D eigenvalue weighted by Gasteiger charge is 2.33. The van der Waals surface area contributed by atoms with E-state index in [0.717, 1.165) is 55.4 Å². The molecule has 8 nitrogen and oxygen atoms in total. The topological polar surface area (TPSA) is 81.8 Å². The molecule has 0 radical (unpaired) electrons. The molecule has 0 bridgehead atoms. The van der Waals surface area contributed by atoms with E-state index in [1.807, 2.05) is 37.3 Å². The smallest absolute Gasteiger partial charge is 0.270 e. The molecular weight excluding hydrogens is 506 g/mol. The number of rotatable bonds is 7. The van der Waals surface area contributed by atoms with Crippen molar-refractivity contribution < 1.29 is 9.53 Å². The number of hydrogen-bond donors (Lipinski definition) is 0. The molecule has 0 unspecified atom stereocenters. The van der Waals surface area contributed by atoms with E-state index < -0.39 is 0 Å². The molecule has 2 saturated heterocycles. The van der Waals surface area contributed by atoms with Crippen molar-refractivity contribution in [2.45, 2.75) is 33.9 Å². The SMILES string of the molecule is CCN1CCN(c2c(/C=C3\SC(=S)N(Cc4ccc(OC)cc4)C3=O)c(C)c(C#N)c(=O)n2CC)CC1. The molecule has 2 aromatic rings. The van der Waals surface area contributed by atoms with Crippen molar-refractivity contribution in [3.05, 3.63) is 61.8 Å². The van der Waals surface area contributed by atoms with Gasteiger partial charge in [0.1, 0.15) is 27.5 Å². The van der Waals surface area contributed by atoms with Crippen molar-refractivity contribution in [2.75, 3.05) is 44.7 Å². The minimum Gasteiger partial charge on any atom is -0.497 e. The fourth-order valence-corrected chi connectivity index (χ4v) is 5.97. The summed E-state index contributed by atoms with van der Waals surface area (Å²) in [4.78, 5) is 33.3. The molecule has 0 atom stereocenters. The molecule has 1 aromatic heterocycles. The van der Waals surface area contributed by atoms with Crippen LogP contribution in [0.2, 0.25) is 0 Å². The minimum absolute atomic E-state index is 0.109. The number of piperazine rings is 1.